The van der Waals surface area contributed by atoms with Crippen molar-refractivity contribution in [2.75, 3.05) is 7.11 Å². The minimum absolute atomic E-state index is 0.0370. The molecule has 0 amide bonds. The van der Waals surface area contributed by atoms with Crippen LogP contribution in [-0.2, 0) is 16.1 Å². The number of carbonyl (C=O) groups excluding carboxylic acids is 1. The lowest BCUT2D eigenvalue weighted by atomic mass is 10.1. The molecule has 0 radical (unpaired) electrons. The molecule has 2 aromatic carbocycles. The van der Waals surface area contributed by atoms with Crippen molar-refractivity contribution >= 4 is 5.97 Å². The second-order valence-corrected chi connectivity index (χ2v) is 5.28. The molecule has 0 aromatic heterocycles. The van der Waals surface area contributed by atoms with Gasteiger partial charge >= 0.3 is 5.97 Å². The van der Waals surface area contributed by atoms with Crippen LogP contribution in [0.3, 0.4) is 0 Å². The van der Waals surface area contributed by atoms with E-state index < -0.39 is 0 Å². The fourth-order valence-corrected chi connectivity index (χ4v) is 2.61. The third kappa shape index (κ3) is 3.07. The number of para-hydroxylation sites is 1. The number of hydrogen-bond acceptors (Lipinski definition) is 3. The van der Waals surface area contributed by atoms with Gasteiger partial charge in [-0.2, -0.15) is 0 Å². The van der Waals surface area contributed by atoms with E-state index in [2.05, 4.69) is 0 Å². The predicted octanol–water partition coefficient (Wildman–Crippen LogP) is 3.54. The Morgan fingerprint density at radius 2 is 1.81 bits per heavy atom. The van der Waals surface area contributed by atoms with E-state index in [-0.39, 0.29) is 17.8 Å². The van der Waals surface area contributed by atoms with Crippen molar-refractivity contribution in [1.29, 1.82) is 0 Å². The van der Waals surface area contributed by atoms with Crippen LogP contribution in [0.2, 0.25) is 0 Å². The Labute approximate surface area is 124 Å². The van der Waals surface area contributed by atoms with Crippen molar-refractivity contribution in [2.24, 2.45) is 5.92 Å². The number of methoxy groups -OCH3 is 1. The molecule has 21 heavy (non-hydrogen) atoms. The minimum atomic E-state index is -0.116. The highest BCUT2D eigenvalue weighted by atomic mass is 16.5. The Morgan fingerprint density at radius 1 is 1.10 bits per heavy atom. The zero-order chi connectivity index (χ0) is 14.7. The summed E-state index contributed by atoms with van der Waals surface area (Å²) in [6.07, 6.45) is 0.841. The molecule has 2 atom stereocenters. The molecule has 3 rings (SSSR count). The van der Waals surface area contributed by atoms with Gasteiger partial charge in [0.15, 0.2) is 0 Å². The van der Waals surface area contributed by atoms with Crippen LogP contribution < -0.4 is 4.74 Å². The summed E-state index contributed by atoms with van der Waals surface area (Å²) in [7, 11) is 1.66. The van der Waals surface area contributed by atoms with E-state index in [0.717, 1.165) is 23.3 Å². The Hall–Kier alpha value is -2.29. The number of ether oxygens (including phenoxy) is 2. The molecule has 3 nitrogen and oxygen atoms in total. The number of benzene rings is 2. The summed E-state index contributed by atoms with van der Waals surface area (Å²) in [4.78, 5) is 12.1. The number of rotatable bonds is 5. The summed E-state index contributed by atoms with van der Waals surface area (Å²) in [5.74, 6) is 0.921. The summed E-state index contributed by atoms with van der Waals surface area (Å²) in [5.41, 5.74) is 2.11. The first-order valence-corrected chi connectivity index (χ1v) is 7.13. The van der Waals surface area contributed by atoms with E-state index in [9.17, 15) is 4.79 Å². The van der Waals surface area contributed by atoms with Crippen LogP contribution in [0.25, 0.3) is 0 Å². The molecular formula is C18H18O3. The molecule has 0 N–H and O–H groups in total. The predicted molar refractivity (Wildman–Crippen MR) is 80.1 cm³/mol. The molecule has 1 aliphatic carbocycles. The molecule has 0 bridgehead atoms. The van der Waals surface area contributed by atoms with Gasteiger partial charge in [-0.15, -0.1) is 0 Å². The molecule has 3 heteroatoms. The van der Waals surface area contributed by atoms with Crippen molar-refractivity contribution in [3.05, 3.63) is 65.7 Å². The maximum Gasteiger partial charge on any atom is 0.309 e. The quantitative estimate of drug-likeness (QED) is 0.787. The topological polar surface area (TPSA) is 35.5 Å². The van der Waals surface area contributed by atoms with Gasteiger partial charge in [0.2, 0.25) is 0 Å². The van der Waals surface area contributed by atoms with Crippen LogP contribution in [0.1, 0.15) is 23.5 Å². The molecule has 1 aliphatic rings. The molecule has 0 spiro atoms. The summed E-state index contributed by atoms with van der Waals surface area (Å²) < 4.78 is 10.7. The lowest BCUT2D eigenvalue weighted by Gasteiger charge is -2.08. The van der Waals surface area contributed by atoms with Gasteiger partial charge in [-0.3, -0.25) is 4.79 Å². The van der Waals surface area contributed by atoms with Crippen LogP contribution in [0.15, 0.2) is 54.6 Å². The van der Waals surface area contributed by atoms with Crippen LogP contribution in [0.4, 0.5) is 0 Å². The molecule has 0 saturated heterocycles. The largest absolute Gasteiger partial charge is 0.496 e. The van der Waals surface area contributed by atoms with E-state index in [0.29, 0.717) is 6.61 Å². The summed E-state index contributed by atoms with van der Waals surface area (Å²) in [6, 6.07) is 17.6. The molecule has 108 valence electrons. The highest BCUT2D eigenvalue weighted by Crippen LogP contribution is 2.50. The molecule has 0 aliphatic heterocycles. The van der Waals surface area contributed by atoms with Gasteiger partial charge in [-0.05, 0) is 23.6 Å². The zero-order valence-corrected chi connectivity index (χ0v) is 12.0. The van der Waals surface area contributed by atoms with Crippen molar-refractivity contribution in [1.82, 2.24) is 0 Å². The van der Waals surface area contributed by atoms with Gasteiger partial charge in [-0.1, -0.05) is 48.5 Å². The molecule has 0 heterocycles. The highest BCUT2D eigenvalue weighted by Gasteiger charge is 2.46. The Morgan fingerprint density at radius 3 is 2.57 bits per heavy atom. The van der Waals surface area contributed by atoms with Gasteiger partial charge in [0.05, 0.1) is 13.0 Å². The Kier molecular flexibility index (Phi) is 3.91. The van der Waals surface area contributed by atoms with Crippen LogP contribution in [-0.4, -0.2) is 13.1 Å². The third-order valence-electron chi connectivity index (χ3n) is 3.86. The van der Waals surface area contributed by atoms with E-state index in [4.69, 9.17) is 9.47 Å². The van der Waals surface area contributed by atoms with E-state index >= 15 is 0 Å². The van der Waals surface area contributed by atoms with Gasteiger partial charge < -0.3 is 9.47 Å². The van der Waals surface area contributed by atoms with Gasteiger partial charge in [-0.25, -0.2) is 0 Å². The Bertz CT molecular complexity index is 621. The number of carbonyl (C=O) groups is 1. The SMILES string of the molecule is COc1ccccc1[C@H]1C[C@@H]1C(=O)OCc1ccccc1. The maximum atomic E-state index is 12.1. The van der Waals surface area contributed by atoms with E-state index in [1.54, 1.807) is 7.11 Å². The second kappa shape index (κ2) is 6.00. The smallest absolute Gasteiger partial charge is 0.309 e. The average molecular weight is 282 g/mol. The second-order valence-electron chi connectivity index (χ2n) is 5.28. The van der Waals surface area contributed by atoms with Gasteiger partial charge in [0.1, 0.15) is 12.4 Å². The van der Waals surface area contributed by atoms with Crippen LogP contribution in [0.5, 0.6) is 5.75 Å². The van der Waals surface area contributed by atoms with Crippen molar-refractivity contribution in [2.45, 2.75) is 18.9 Å². The first kappa shape index (κ1) is 13.7. The van der Waals surface area contributed by atoms with Crippen molar-refractivity contribution in [3.63, 3.8) is 0 Å². The molecule has 1 saturated carbocycles. The summed E-state index contributed by atoms with van der Waals surface area (Å²) >= 11 is 0. The monoisotopic (exact) mass is 282 g/mol. The highest BCUT2D eigenvalue weighted by molar-refractivity contribution is 5.77. The van der Waals surface area contributed by atoms with Crippen LogP contribution >= 0.6 is 0 Å². The zero-order valence-electron chi connectivity index (χ0n) is 12.0. The molecule has 2 aromatic rings. The fraction of sp³-hybridized carbons (Fsp3) is 0.278. The minimum Gasteiger partial charge on any atom is -0.496 e. The standard InChI is InChI=1S/C18H18O3/c1-20-17-10-6-5-9-14(17)15-11-16(15)18(19)21-12-13-7-3-2-4-8-13/h2-10,15-16H,11-12H2,1H3/t15-,16+/m1/s1. The van der Waals surface area contributed by atoms with Gasteiger partial charge in [0.25, 0.3) is 0 Å². The van der Waals surface area contributed by atoms with E-state index in [1.165, 1.54) is 0 Å². The number of hydrogen-bond donors (Lipinski definition) is 0. The molecule has 1 fully saturated rings. The van der Waals surface area contributed by atoms with Crippen molar-refractivity contribution in [3.8, 4) is 5.75 Å². The summed E-state index contributed by atoms with van der Waals surface area (Å²) in [5, 5.41) is 0. The van der Waals surface area contributed by atoms with Crippen molar-refractivity contribution < 1.29 is 14.3 Å². The lowest BCUT2D eigenvalue weighted by Crippen LogP contribution is -2.08. The first-order valence-electron chi connectivity index (χ1n) is 7.13. The van der Waals surface area contributed by atoms with E-state index in [1.807, 2.05) is 54.6 Å². The van der Waals surface area contributed by atoms with Gasteiger partial charge in [0, 0.05) is 5.92 Å². The normalized spacial score (nSPS) is 19.9. The average Bonchev–Trinajstić information content (AvgIpc) is 3.34. The molecule has 0 unspecified atom stereocenters. The maximum absolute atomic E-state index is 12.1. The third-order valence-corrected chi connectivity index (χ3v) is 3.86. The lowest BCUT2D eigenvalue weighted by molar-refractivity contribution is -0.146. The number of esters is 1. The first-order chi connectivity index (χ1) is 10.3. The Balaban J connectivity index is 1.59. The fourth-order valence-electron chi connectivity index (χ4n) is 2.61. The van der Waals surface area contributed by atoms with Crippen LogP contribution in [0, 0.1) is 5.92 Å². The molecular weight excluding hydrogens is 264 g/mol. The summed E-state index contributed by atoms with van der Waals surface area (Å²) in [6.45, 7) is 0.342.